The summed E-state index contributed by atoms with van der Waals surface area (Å²) in [7, 11) is 0. The van der Waals surface area contributed by atoms with E-state index in [1.54, 1.807) is 0 Å². The molecule has 0 amide bonds. The van der Waals surface area contributed by atoms with Gasteiger partial charge in [0, 0.05) is 11.6 Å². The van der Waals surface area contributed by atoms with E-state index >= 15 is 0 Å². The highest BCUT2D eigenvalue weighted by Crippen LogP contribution is 2.45. The molecule has 0 radical (unpaired) electrons. The highest BCUT2D eigenvalue weighted by Gasteiger charge is 2.49. The van der Waals surface area contributed by atoms with Crippen LogP contribution in [0, 0.1) is 0 Å². The van der Waals surface area contributed by atoms with Gasteiger partial charge in [0.25, 0.3) is 0 Å². The number of piperidine rings is 1. The van der Waals surface area contributed by atoms with Crippen LogP contribution in [0.2, 0.25) is 5.02 Å². The summed E-state index contributed by atoms with van der Waals surface area (Å²) in [5, 5.41) is 0.765. The van der Waals surface area contributed by atoms with Gasteiger partial charge in [-0.1, -0.05) is 36.7 Å². The first-order valence-corrected chi connectivity index (χ1v) is 7.39. The number of likely N-dealkylation sites (tertiary alicyclic amines) is 1. The van der Waals surface area contributed by atoms with E-state index in [0.29, 0.717) is 0 Å². The van der Waals surface area contributed by atoms with Gasteiger partial charge >= 0.3 is 0 Å². The Hall–Kier alpha value is -0.830. The average Bonchev–Trinajstić information content (AvgIpc) is 3.22. The van der Waals surface area contributed by atoms with Gasteiger partial charge in [0.05, 0.1) is 6.61 Å². The number of halogens is 1. The normalized spacial score (nSPS) is 27.2. The Morgan fingerprint density at radius 2 is 1.84 bits per heavy atom. The average molecular weight is 278 g/mol. The third-order valence-corrected chi connectivity index (χ3v) is 4.43. The zero-order valence-corrected chi connectivity index (χ0v) is 12.0. The first-order chi connectivity index (χ1) is 9.21. The van der Waals surface area contributed by atoms with E-state index in [0.717, 1.165) is 18.2 Å². The summed E-state index contributed by atoms with van der Waals surface area (Å²) in [5.74, 6) is 0. The molecule has 0 bridgehead atoms. The fourth-order valence-electron chi connectivity index (χ4n) is 2.88. The SMILES string of the molecule is C=C(CN1CCCCC1)C1(c2ccc(Cl)cc2)CO1. The minimum atomic E-state index is -0.248. The van der Waals surface area contributed by atoms with Crippen molar-refractivity contribution >= 4 is 11.6 Å². The van der Waals surface area contributed by atoms with Crippen molar-refractivity contribution in [2.75, 3.05) is 26.2 Å². The Morgan fingerprint density at radius 1 is 1.21 bits per heavy atom. The summed E-state index contributed by atoms with van der Waals surface area (Å²) >= 11 is 5.95. The maximum absolute atomic E-state index is 5.95. The highest BCUT2D eigenvalue weighted by molar-refractivity contribution is 6.30. The molecule has 1 atom stereocenters. The zero-order chi connectivity index (χ0) is 13.3. The van der Waals surface area contributed by atoms with E-state index < -0.39 is 0 Å². The van der Waals surface area contributed by atoms with Crippen LogP contribution in [0.1, 0.15) is 24.8 Å². The Morgan fingerprint density at radius 3 is 2.42 bits per heavy atom. The molecule has 1 unspecified atom stereocenters. The Labute approximate surface area is 120 Å². The van der Waals surface area contributed by atoms with Crippen molar-refractivity contribution in [3.63, 3.8) is 0 Å². The van der Waals surface area contributed by atoms with Crippen LogP contribution in [0.5, 0.6) is 0 Å². The lowest BCUT2D eigenvalue weighted by molar-refractivity contribution is 0.231. The first kappa shape index (κ1) is 13.2. The maximum atomic E-state index is 5.95. The third-order valence-electron chi connectivity index (χ3n) is 4.18. The molecule has 102 valence electrons. The molecule has 2 aliphatic heterocycles. The van der Waals surface area contributed by atoms with Crippen LogP contribution in [0.3, 0.4) is 0 Å². The molecular formula is C16H20ClNO. The van der Waals surface area contributed by atoms with Gasteiger partial charge in [0.1, 0.15) is 5.60 Å². The predicted octanol–water partition coefficient (Wildman–Crippen LogP) is 3.61. The minimum Gasteiger partial charge on any atom is -0.360 e. The largest absolute Gasteiger partial charge is 0.360 e. The fraction of sp³-hybridized carbons (Fsp3) is 0.500. The topological polar surface area (TPSA) is 15.8 Å². The number of nitrogens with zero attached hydrogens (tertiary/aromatic N) is 1. The van der Waals surface area contributed by atoms with Crippen molar-refractivity contribution in [2.24, 2.45) is 0 Å². The van der Waals surface area contributed by atoms with Crippen LogP contribution in [-0.2, 0) is 10.3 Å². The lowest BCUT2D eigenvalue weighted by Crippen LogP contribution is -2.34. The lowest BCUT2D eigenvalue weighted by Gasteiger charge is -2.29. The maximum Gasteiger partial charge on any atom is 0.139 e. The molecule has 19 heavy (non-hydrogen) atoms. The summed E-state index contributed by atoms with van der Waals surface area (Å²) in [6, 6.07) is 7.95. The van der Waals surface area contributed by atoms with Crippen LogP contribution in [0.15, 0.2) is 36.4 Å². The molecule has 2 aliphatic rings. The second kappa shape index (κ2) is 5.28. The number of rotatable bonds is 4. The lowest BCUT2D eigenvalue weighted by atomic mass is 9.92. The Bertz CT molecular complexity index is 458. The standard InChI is InChI=1S/C16H20ClNO/c1-13(11-18-9-3-2-4-10-18)16(12-19-16)14-5-7-15(17)8-6-14/h5-8H,1-4,9-12H2. The molecule has 1 aromatic carbocycles. The monoisotopic (exact) mass is 277 g/mol. The van der Waals surface area contributed by atoms with Crippen LogP contribution < -0.4 is 0 Å². The molecule has 0 aliphatic carbocycles. The van der Waals surface area contributed by atoms with Crippen LogP contribution in [0.4, 0.5) is 0 Å². The predicted molar refractivity (Wildman–Crippen MR) is 78.5 cm³/mol. The number of epoxide rings is 1. The molecular weight excluding hydrogens is 258 g/mol. The Balaban J connectivity index is 1.70. The second-order valence-corrected chi connectivity index (χ2v) is 6.00. The van der Waals surface area contributed by atoms with Gasteiger partial charge in [-0.25, -0.2) is 0 Å². The van der Waals surface area contributed by atoms with E-state index in [4.69, 9.17) is 16.3 Å². The van der Waals surface area contributed by atoms with E-state index in [1.807, 2.05) is 12.1 Å². The van der Waals surface area contributed by atoms with Crippen molar-refractivity contribution in [3.8, 4) is 0 Å². The summed E-state index contributed by atoms with van der Waals surface area (Å²) in [6.07, 6.45) is 3.98. The van der Waals surface area contributed by atoms with Gasteiger partial charge in [-0.05, 0) is 49.2 Å². The summed E-state index contributed by atoms with van der Waals surface area (Å²) in [4.78, 5) is 2.49. The van der Waals surface area contributed by atoms with Gasteiger partial charge in [-0.3, -0.25) is 4.90 Å². The van der Waals surface area contributed by atoms with Gasteiger partial charge in [-0.2, -0.15) is 0 Å². The molecule has 2 saturated heterocycles. The number of ether oxygens (including phenoxy) is 1. The zero-order valence-electron chi connectivity index (χ0n) is 11.2. The van der Waals surface area contributed by atoms with Crippen LogP contribution >= 0.6 is 11.6 Å². The molecule has 3 rings (SSSR count). The van der Waals surface area contributed by atoms with Crippen LogP contribution in [0.25, 0.3) is 0 Å². The van der Waals surface area contributed by atoms with E-state index in [9.17, 15) is 0 Å². The summed E-state index contributed by atoms with van der Waals surface area (Å²) < 4.78 is 5.76. The molecule has 0 saturated carbocycles. The molecule has 3 heteroatoms. The van der Waals surface area contributed by atoms with Gasteiger partial charge < -0.3 is 4.74 Å². The van der Waals surface area contributed by atoms with Crippen molar-refractivity contribution in [1.82, 2.24) is 4.90 Å². The van der Waals surface area contributed by atoms with Gasteiger partial charge in [0.2, 0.25) is 0 Å². The van der Waals surface area contributed by atoms with Crippen LogP contribution in [-0.4, -0.2) is 31.1 Å². The van der Waals surface area contributed by atoms with Crippen molar-refractivity contribution in [1.29, 1.82) is 0 Å². The van der Waals surface area contributed by atoms with Gasteiger partial charge in [0.15, 0.2) is 0 Å². The molecule has 1 aromatic rings. The van der Waals surface area contributed by atoms with Crippen molar-refractivity contribution in [3.05, 3.63) is 47.0 Å². The Kier molecular flexibility index (Phi) is 3.66. The van der Waals surface area contributed by atoms with E-state index in [1.165, 1.54) is 43.5 Å². The molecule has 0 spiro atoms. The summed E-state index contributed by atoms with van der Waals surface area (Å²) in [6.45, 7) is 8.36. The quantitative estimate of drug-likeness (QED) is 0.617. The second-order valence-electron chi connectivity index (χ2n) is 5.56. The van der Waals surface area contributed by atoms with E-state index in [-0.39, 0.29) is 5.60 Å². The molecule has 2 heterocycles. The van der Waals surface area contributed by atoms with E-state index in [2.05, 4.69) is 23.6 Å². The summed E-state index contributed by atoms with van der Waals surface area (Å²) in [5.41, 5.74) is 2.11. The number of benzene rings is 1. The smallest absolute Gasteiger partial charge is 0.139 e. The molecule has 2 fully saturated rings. The molecule has 0 N–H and O–H groups in total. The molecule has 0 aromatic heterocycles. The number of hydrogen-bond donors (Lipinski definition) is 0. The van der Waals surface area contributed by atoms with Crippen molar-refractivity contribution < 1.29 is 4.74 Å². The third kappa shape index (κ3) is 2.71. The highest BCUT2D eigenvalue weighted by atomic mass is 35.5. The van der Waals surface area contributed by atoms with Gasteiger partial charge in [-0.15, -0.1) is 0 Å². The van der Waals surface area contributed by atoms with Crippen molar-refractivity contribution in [2.45, 2.75) is 24.9 Å². The first-order valence-electron chi connectivity index (χ1n) is 7.01. The molecule has 2 nitrogen and oxygen atoms in total. The minimum absolute atomic E-state index is 0.248. The number of hydrogen-bond acceptors (Lipinski definition) is 2. The fourth-order valence-corrected chi connectivity index (χ4v) is 3.01.